The van der Waals surface area contributed by atoms with Crippen LogP contribution >= 0.6 is 0 Å². The highest BCUT2D eigenvalue weighted by molar-refractivity contribution is 5.88. The van der Waals surface area contributed by atoms with Crippen LogP contribution in [0.2, 0.25) is 0 Å². The smallest absolute Gasteiger partial charge is 0.246 e. The van der Waals surface area contributed by atoms with Crippen LogP contribution in [0.3, 0.4) is 0 Å². The van der Waals surface area contributed by atoms with Gasteiger partial charge in [0.2, 0.25) is 5.91 Å². The standard InChI is InChI=1S/C18H29NO3/c1-3-4-10-17(21)13-15(2)8-5-6-11-18(22)19-12-7-9-16(19)14-20/h5-6,8,11,13,16-17,20-21H,3-4,7,9-10,12,14H2,1-2H3/b8-5+,11-6?,15-13+/t16-,17-/m0/s1. The number of rotatable bonds is 8. The molecule has 0 aliphatic carbocycles. The first-order chi connectivity index (χ1) is 10.6. The number of aliphatic hydroxyl groups is 2. The second-order valence-electron chi connectivity index (χ2n) is 5.85. The molecule has 0 aromatic carbocycles. The van der Waals surface area contributed by atoms with Crippen LogP contribution in [0.4, 0.5) is 0 Å². The number of carbonyl (C=O) groups is 1. The maximum Gasteiger partial charge on any atom is 0.246 e. The van der Waals surface area contributed by atoms with E-state index < -0.39 is 6.10 Å². The van der Waals surface area contributed by atoms with E-state index in [1.54, 1.807) is 17.1 Å². The molecule has 4 heteroatoms. The van der Waals surface area contributed by atoms with E-state index in [0.717, 1.165) is 44.2 Å². The molecule has 0 aromatic rings. The fourth-order valence-corrected chi connectivity index (χ4v) is 2.61. The molecule has 0 radical (unpaired) electrons. The topological polar surface area (TPSA) is 60.8 Å². The SMILES string of the molecule is CCCC[C@H](O)/C=C(C)/C=C/C=CC(=O)N1CCC[C@H]1CO. The lowest BCUT2D eigenvalue weighted by atomic mass is 10.1. The molecule has 1 aliphatic heterocycles. The minimum absolute atomic E-state index is 0.0310. The Morgan fingerprint density at radius 3 is 2.77 bits per heavy atom. The van der Waals surface area contributed by atoms with Crippen molar-refractivity contribution in [1.29, 1.82) is 0 Å². The van der Waals surface area contributed by atoms with Crippen molar-refractivity contribution in [2.24, 2.45) is 0 Å². The van der Waals surface area contributed by atoms with Crippen LogP contribution in [0.25, 0.3) is 0 Å². The molecule has 2 N–H and O–H groups in total. The summed E-state index contributed by atoms with van der Waals surface area (Å²) in [5.41, 5.74) is 0.982. The summed E-state index contributed by atoms with van der Waals surface area (Å²) >= 11 is 0. The van der Waals surface area contributed by atoms with Gasteiger partial charge < -0.3 is 15.1 Å². The van der Waals surface area contributed by atoms with Crippen molar-refractivity contribution in [3.05, 3.63) is 36.0 Å². The zero-order valence-corrected chi connectivity index (χ0v) is 13.7. The zero-order valence-electron chi connectivity index (χ0n) is 13.7. The van der Waals surface area contributed by atoms with E-state index in [2.05, 4.69) is 6.92 Å². The highest BCUT2D eigenvalue weighted by Crippen LogP contribution is 2.16. The first-order valence-corrected chi connectivity index (χ1v) is 8.21. The van der Waals surface area contributed by atoms with E-state index in [0.29, 0.717) is 0 Å². The van der Waals surface area contributed by atoms with Crippen molar-refractivity contribution < 1.29 is 15.0 Å². The van der Waals surface area contributed by atoms with Crippen molar-refractivity contribution in [3.8, 4) is 0 Å². The fourth-order valence-electron chi connectivity index (χ4n) is 2.61. The molecular weight excluding hydrogens is 278 g/mol. The number of aliphatic hydroxyl groups excluding tert-OH is 2. The molecule has 1 fully saturated rings. The number of amides is 1. The van der Waals surface area contributed by atoms with Gasteiger partial charge in [-0.05, 0) is 26.2 Å². The van der Waals surface area contributed by atoms with E-state index >= 15 is 0 Å². The Bertz CT molecular complexity index is 426. The van der Waals surface area contributed by atoms with Gasteiger partial charge in [0.1, 0.15) is 0 Å². The summed E-state index contributed by atoms with van der Waals surface area (Å²) in [7, 11) is 0. The fraction of sp³-hybridized carbons (Fsp3) is 0.611. The predicted molar refractivity (Wildman–Crippen MR) is 89.4 cm³/mol. The number of hydrogen-bond donors (Lipinski definition) is 2. The molecule has 1 amide bonds. The average molecular weight is 307 g/mol. The summed E-state index contributed by atoms with van der Waals surface area (Å²) in [6, 6.07) is -0.0310. The van der Waals surface area contributed by atoms with Crippen molar-refractivity contribution >= 4 is 5.91 Å². The van der Waals surface area contributed by atoms with Crippen LogP contribution in [-0.4, -0.2) is 46.3 Å². The number of carbonyl (C=O) groups excluding carboxylic acids is 1. The van der Waals surface area contributed by atoms with Gasteiger partial charge in [0.05, 0.1) is 18.8 Å². The molecular formula is C18H29NO3. The van der Waals surface area contributed by atoms with Crippen LogP contribution in [-0.2, 0) is 4.79 Å². The lowest BCUT2D eigenvalue weighted by Gasteiger charge is -2.21. The molecule has 1 heterocycles. The van der Waals surface area contributed by atoms with Gasteiger partial charge in [-0.2, -0.15) is 0 Å². The van der Waals surface area contributed by atoms with Crippen LogP contribution in [0.15, 0.2) is 36.0 Å². The van der Waals surface area contributed by atoms with Crippen LogP contribution in [0.1, 0.15) is 46.0 Å². The van der Waals surface area contributed by atoms with E-state index in [1.165, 1.54) is 6.08 Å². The maximum absolute atomic E-state index is 12.0. The van der Waals surface area contributed by atoms with E-state index in [9.17, 15) is 15.0 Å². The molecule has 0 unspecified atom stereocenters. The summed E-state index contributed by atoms with van der Waals surface area (Å²) < 4.78 is 0. The van der Waals surface area contributed by atoms with Gasteiger partial charge >= 0.3 is 0 Å². The van der Waals surface area contributed by atoms with Crippen LogP contribution in [0, 0.1) is 0 Å². The molecule has 1 saturated heterocycles. The Morgan fingerprint density at radius 2 is 2.09 bits per heavy atom. The van der Waals surface area contributed by atoms with Crippen molar-refractivity contribution in [1.82, 2.24) is 4.90 Å². The maximum atomic E-state index is 12.0. The van der Waals surface area contributed by atoms with E-state index in [1.807, 2.05) is 19.1 Å². The molecule has 0 spiro atoms. The quantitative estimate of drug-likeness (QED) is 0.535. The van der Waals surface area contributed by atoms with Crippen LogP contribution in [0.5, 0.6) is 0 Å². The first kappa shape index (κ1) is 18.7. The summed E-state index contributed by atoms with van der Waals surface area (Å²) in [5, 5.41) is 19.0. The molecule has 0 aromatic heterocycles. The minimum atomic E-state index is -0.398. The lowest BCUT2D eigenvalue weighted by Crippen LogP contribution is -2.36. The third-order valence-electron chi connectivity index (χ3n) is 3.89. The highest BCUT2D eigenvalue weighted by atomic mass is 16.3. The average Bonchev–Trinajstić information content (AvgIpc) is 2.97. The van der Waals surface area contributed by atoms with Gasteiger partial charge in [-0.3, -0.25) is 4.79 Å². The highest BCUT2D eigenvalue weighted by Gasteiger charge is 2.26. The lowest BCUT2D eigenvalue weighted by molar-refractivity contribution is -0.127. The largest absolute Gasteiger partial charge is 0.394 e. The van der Waals surface area contributed by atoms with E-state index in [4.69, 9.17) is 0 Å². The Labute approximate surface area is 133 Å². The number of nitrogens with zero attached hydrogens (tertiary/aromatic N) is 1. The summed E-state index contributed by atoms with van der Waals surface area (Å²) in [6.45, 7) is 4.80. The summed E-state index contributed by atoms with van der Waals surface area (Å²) in [4.78, 5) is 13.7. The second-order valence-corrected chi connectivity index (χ2v) is 5.85. The normalized spacial score (nSPS) is 21.2. The Kier molecular flexibility index (Phi) is 8.78. The second kappa shape index (κ2) is 10.4. The molecule has 0 saturated carbocycles. The molecule has 22 heavy (non-hydrogen) atoms. The summed E-state index contributed by atoms with van der Waals surface area (Å²) in [6.07, 6.45) is 13.1. The van der Waals surface area contributed by atoms with Crippen molar-refractivity contribution in [2.45, 2.75) is 58.1 Å². The third kappa shape index (κ3) is 6.58. The van der Waals surface area contributed by atoms with Gasteiger partial charge in [-0.25, -0.2) is 0 Å². The van der Waals surface area contributed by atoms with Crippen molar-refractivity contribution in [3.63, 3.8) is 0 Å². The minimum Gasteiger partial charge on any atom is -0.394 e. The van der Waals surface area contributed by atoms with Gasteiger partial charge in [0.25, 0.3) is 0 Å². The van der Waals surface area contributed by atoms with Gasteiger partial charge in [0, 0.05) is 12.6 Å². The monoisotopic (exact) mass is 307 g/mol. The number of unbranched alkanes of at least 4 members (excludes halogenated alkanes) is 1. The van der Waals surface area contributed by atoms with Gasteiger partial charge in [-0.15, -0.1) is 0 Å². The van der Waals surface area contributed by atoms with Gasteiger partial charge in [0.15, 0.2) is 0 Å². The predicted octanol–water partition coefficient (Wildman–Crippen LogP) is 2.58. The third-order valence-corrected chi connectivity index (χ3v) is 3.89. The Morgan fingerprint density at radius 1 is 1.36 bits per heavy atom. The van der Waals surface area contributed by atoms with Crippen LogP contribution < -0.4 is 0 Å². The van der Waals surface area contributed by atoms with Gasteiger partial charge in [-0.1, -0.05) is 49.6 Å². The summed E-state index contributed by atoms with van der Waals surface area (Å²) in [5.74, 6) is -0.0502. The molecule has 124 valence electrons. The Hall–Kier alpha value is -1.39. The molecule has 1 aliphatic rings. The molecule has 4 nitrogen and oxygen atoms in total. The first-order valence-electron chi connectivity index (χ1n) is 8.21. The van der Waals surface area contributed by atoms with E-state index in [-0.39, 0.29) is 18.6 Å². The van der Waals surface area contributed by atoms with Crippen molar-refractivity contribution in [2.75, 3.05) is 13.2 Å². The Balaban J connectivity index is 2.43. The number of hydrogen-bond acceptors (Lipinski definition) is 3. The number of likely N-dealkylation sites (tertiary alicyclic amines) is 1. The molecule has 0 bridgehead atoms. The zero-order chi connectivity index (χ0) is 16.4. The molecule has 1 rings (SSSR count). The molecule has 2 atom stereocenters. The number of allylic oxidation sites excluding steroid dienone is 4.